The fraction of sp³-hybridized carbons (Fsp3) is 0.714. The van der Waals surface area contributed by atoms with Crippen LogP contribution in [0.3, 0.4) is 0 Å². The summed E-state index contributed by atoms with van der Waals surface area (Å²) in [6.45, 7) is 4.27. The summed E-state index contributed by atoms with van der Waals surface area (Å²) in [7, 11) is 0. The Morgan fingerprint density at radius 2 is 2.06 bits per heavy atom. The zero-order valence-electron chi connectivity index (χ0n) is 10.6. The van der Waals surface area contributed by atoms with Crippen molar-refractivity contribution in [2.24, 2.45) is 11.8 Å². The minimum atomic E-state index is -0.348. The molecule has 0 aliphatic heterocycles. The molecule has 0 amide bonds. The van der Waals surface area contributed by atoms with Crippen LogP contribution in [0.25, 0.3) is 0 Å². The standard InChI is InChI=1S/C14H21ClOS/c1-3-10-4-6-11(7-5-10)13(16)14-12(15)9(2)8-17-14/h8,10-11,13,16H,3-7H2,1-2H3. The second-order valence-electron chi connectivity index (χ2n) is 5.23. The molecule has 1 aliphatic rings. The van der Waals surface area contributed by atoms with Gasteiger partial charge in [0.25, 0.3) is 0 Å². The van der Waals surface area contributed by atoms with Crippen LogP contribution >= 0.6 is 22.9 Å². The predicted octanol–water partition coefficient (Wildman–Crippen LogP) is 4.96. The molecule has 3 heteroatoms. The van der Waals surface area contributed by atoms with Gasteiger partial charge in [-0.05, 0) is 42.5 Å². The normalized spacial score (nSPS) is 27.1. The lowest BCUT2D eigenvalue weighted by atomic mass is 9.78. The van der Waals surface area contributed by atoms with E-state index in [9.17, 15) is 5.11 Å². The summed E-state index contributed by atoms with van der Waals surface area (Å²) in [5, 5.41) is 13.2. The van der Waals surface area contributed by atoms with E-state index in [1.807, 2.05) is 12.3 Å². The van der Waals surface area contributed by atoms with E-state index < -0.39 is 0 Å². The molecule has 0 bridgehead atoms. The van der Waals surface area contributed by atoms with Crippen LogP contribution in [0, 0.1) is 18.8 Å². The van der Waals surface area contributed by atoms with Gasteiger partial charge in [0, 0.05) is 0 Å². The Balaban J connectivity index is 2.01. The van der Waals surface area contributed by atoms with E-state index in [-0.39, 0.29) is 6.10 Å². The number of rotatable bonds is 3. The Labute approximate surface area is 113 Å². The molecule has 2 rings (SSSR count). The minimum Gasteiger partial charge on any atom is -0.387 e. The molecule has 1 unspecified atom stereocenters. The van der Waals surface area contributed by atoms with Crippen molar-refractivity contribution in [1.82, 2.24) is 0 Å². The summed E-state index contributed by atoms with van der Waals surface area (Å²) in [4.78, 5) is 0.976. The number of aliphatic hydroxyl groups excluding tert-OH is 1. The van der Waals surface area contributed by atoms with E-state index in [2.05, 4.69) is 6.92 Å². The molecule has 1 heterocycles. The summed E-state index contributed by atoms with van der Waals surface area (Å²) in [6.07, 6.45) is 5.75. The molecular weight excluding hydrogens is 252 g/mol. The molecule has 0 radical (unpaired) electrons. The second kappa shape index (κ2) is 5.73. The average molecular weight is 273 g/mol. The maximum absolute atomic E-state index is 10.4. The van der Waals surface area contributed by atoms with Crippen molar-refractivity contribution in [3.05, 3.63) is 20.8 Å². The van der Waals surface area contributed by atoms with Crippen LogP contribution in [0.5, 0.6) is 0 Å². The molecule has 0 aromatic carbocycles. The molecule has 1 fully saturated rings. The highest BCUT2D eigenvalue weighted by molar-refractivity contribution is 7.10. The molecule has 1 aromatic rings. The summed E-state index contributed by atoms with van der Waals surface area (Å²) in [5.41, 5.74) is 1.09. The van der Waals surface area contributed by atoms with Gasteiger partial charge >= 0.3 is 0 Å². The van der Waals surface area contributed by atoms with Gasteiger partial charge in [-0.25, -0.2) is 0 Å². The molecule has 1 nitrogen and oxygen atoms in total. The van der Waals surface area contributed by atoms with E-state index in [0.29, 0.717) is 5.92 Å². The SMILES string of the molecule is CCC1CCC(C(O)c2scc(C)c2Cl)CC1. The number of halogens is 1. The van der Waals surface area contributed by atoms with Crippen molar-refractivity contribution in [2.75, 3.05) is 0 Å². The van der Waals surface area contributed by atoms with Crippen LogP contribution in [-0.2, 0) is 0 Å². The van der Waals surface area contributed by atoms with Gasteiger partial charge in [0.2, 0.25) is 0 Å². The Hall–Kier alpha value is -0.0500. The highest BCUT2D eigenvalue weighted by Gasteiger charge is 2.28. The van der Waals surface area contributed by atoms with Gasteiger partial charge in [-0.3, -0.25) is 0 Å². The van der Waals surface area contributed by atoms with Gasteiger partial charge < -0.3 is 5.11 Å². The van der Waals surface area contributed by atoms with Crippen LogP contribution in [0.15, 0.2) is 5.38 Å². The maximum Gasteiger partial charge on any atom is 0.0925 e. The summed E-state index contributed by atoms with van der Waals surface area (Å²) >= 11 is 7.83. The zero-order valence-corrected chi connectivity index (χ0v) is 12.2. The van der Waals surface area contributed by atoms with Gasteiger partial charge in [0.05, 0.1) is 16.0 Å². The summed E-state index contributed by atoms with van der Waals surface area (Å²) in [5.74, 6) is 1.28. The third kappa shape index (κ3) is 2.86. The zero-order chi connectivity index (χ0) is 12.4. The first-order valence-corrected chi connectivity index (χ1v) is 7.80. The average Bonchev–Trinajstić information content (AvgIpc) is 2.69. The smallest absolute Gasteiger partial charge is 0.0925 e. The van der Waals surface area contributed by atoms with E-state index in [0.717, 1.165) is 34.2 Å². The molecule has 1 saturated carbocycles. The van der Waals surface area contributed by atoms with Crippen molar-refractivity contribution in [1.29, 1.82) is 0 Å². The second-order valence-corrected chi connectivity index (χ2v) is 6.52. The lowest BCUT2D eigenvalue weighted by Gasteiger charge is -2.30. The lowest BCUT2D eigenvalue weighted by Crippen LogP contribution is -2.19. The third-order valence-corrected chi connectivity index (χ3v) is 5.89. The van der Waals surface area contributed by atoms with E-state index in [1.165, 1.54) is 19.3 Å². The molecule has 0 saturated heterocycles. The first-order chi connectivity index (χ1) is 8.13. The Kier molecular flexibility index (Phi) is 4.51. The van der Waals surface area contributed by atoms with Crippen LogP contribution in [-0.4, -0.2) is 5.11 Å². The molecule has 17 heavy (non-hydrogen) atoms. The van der Waals surface area contributed by atoms with Gasteiger partial charge in [0.1, 0.15) is 0 Å². The van der Waals surface area contributed by atoms with E-state index in [4.69, 9.17) is 11.6 Å². The molecule has 1 aliphatic carbocycles. The summed E-state index contributed by atoms with van der Waals surface area (Å²) in [6, 6.07) is 0. The number of hydrogen-bond donors (Lipinski definition) is 1. The topological polar surface area (TPSA) is 20.2 Å². The molecule has 1 aromatic heterocycles. The van der Waals surface area contributed by atoms with Crippen molar-refractivity contribution in [3.8, 4) is 0 Å². The van der Waals surface area contributed by atoms with Crippen molar-refractivity contribution in [3.63, 3.8) is 0 Å². The number of thiophene rings is 1. The van der Waals surface area contributed by atoms with E-state index in [1.54, 1.807) is 11.3 Å². The number of aryl methyl sites for hydroxylation is 1. The molecule has 1 N–H and O–H groups in total. The fourth-order valence-corrected chi connectivity index (χ4v) is 4.16. The molecule has 1 atom stereocenters. The first-order valence-electron chi connectivity index (χ1n) is 6.55. The summed E-state index contributed by atoms with van der Waals surface area (Å²) < 4.78 is 0. The van der Waals surface area contributed by atoms with Gasteiger partial charge in [-0.1, -0.05) is 37.8 Å². The minimum absolute atomic E-state index is 0.348. The van der Waals surface area contributed by atoms with Gasteiger partial charge in [-0.15, -0.1) is 11.3 Å². The highest BCUT2D eigenvalue weighted by Crippen LogP contribution is 2.42. The monoisotopic (exact) mass is 272 g/mol. The largest absolute Gasteiger partial charge is 0.387 e. The van der Waals surface area contributed by atoms with E-state index >= 15 is 0 Å². The Morgan fingerprint density at radius 3 is 2.53 bits per heavy atom. The highest BCUT2D eigenvalue weighted by atomic mass is 35.5. The predicted molar refractivity (Wildman–Crippen MR) is 74.8 cm³/mol. The van der Waals surface area contributed by atoms with Crippen molar-refractivity contribution >= 4 is 22.9 Å². The lowest BCUT2D eigenvalue weighted by molar-refractivity contribution is 0.0758. The van der Waals surface area contributed by atoms with Crippen molar-refractivity contribution < 1.29 is 5.11 Å². The fourth-order valence-electron chi connectivity index (χ4n) is 2.78. The number of hydrogen-bond acceptors (Lipinski definition) is 2. The Morgan fingerprint density at radius 1 is 1.41 bits per heavy atom. The maximum atomic E-state index is 10.4. The third-order valence-electron chi connectivity index (χ3n) is 4.11. The van der Waals surface area contributed by atoms with Crippen LogP contribution in [0.4, 0.5) is 0 Å². The van der Waals surface area contributed by atoms with Crippen LogP contribution < -0.4 is 0 Å². The molecule has 0 spiro atoms. The molecule has 96 valence electrons. The van der Waals surface area contributed by atoms with Gasteiger partial charge in [-0.2, -0.15) is 0 Å². The first kappa shape index (κ1) is 13.4. The van der Waals surface area contributed by atoms with Crippen LogP contribution in [0.1, 0.15) is 55.6 Å². The Bertz CT molecular complexity index is 366. The van der Waals surface area contributed by atoms with Crippen LogP contribution in [0.2, 0.25) is 5.02 Å². The number of aliphatic hydroxyl groups is 1. The van der Waals surface area contributed by atoms with Gasteiger partial charge in [0.15, 0.2) is 0 Å². The van der Waals surface area contributed by atoms with Crippen molar-refractivity contribution in [2.45, 2.75) is 52.1 Å². The quantitative estimate of drug-likeness (QED) is 0.825. The molecular formula is C14H21ClOS.